The Kier molecular flexibility index (Phi) is 4.72. The highest BCUT2D eigenvalue weighted by molar-refractivity contribution is 5.83. The quantitative estimate of drug-likeness (QED) is 0.427. The first-order valence-corrected chi connectivity index (χ1v) is 6.39. The lowest BCUT2D eigenvalue weighted by Gasteiger charge is -2.07. The van der Waals surface area contributed by atoms with Crippen molar-refractivity contribution < 1.29 is 9.53 Å². The maximum absolute atomic E-state index is 11.9. The van der Waals surface area contributed by atoms with Crippen LogP contribution in [0.2, 0.25) is 0 Å². The third kappa shape index (κ3) is 3.93. The molecule has 1 heterocycles. The second-order valence-electron chi connectivity index (χ2n) is 4.39. The lowest BCUT2D eigenvalue weighted by Crippen LogP contribution is -2.32. The summed E-state index contributed by atoms with van der Waals surface area (Å²) in [5, 5.41) is 5.83. The fourth-order valence-corrected chi connectivity index (χ4v) is 1.76. The molecule has 8 nitrogen and oxygen atoms in total. The second kappa shape index (κ2) is 6.71. The summed E-state index contributed by atoms with van der Waals surface area (Å²) in [5.41, 5.74) is 6.32. The topological polar surface area (TPSA) is 122 Å². The Bertz CT molecular complexity index is 698. The molecule has 1 amide bonds. The molecular formula is C13H17N5O3. The number of nitrogens with two attached hydrogens (primary N) is 1. The van der Waals surface area contributed by atoms with Crippen molar-refractivity contribution in [3.05, 3.63) is 28.6 Å². The monoisotopic (exact) mass is 291 g/mol. The zero-order chi connectivity index (χ0) is 15.2. The van der Waals surface area contributed by atoms with Crippen LogP contribution in [0.1, 0.15) is 0 Å². The van der Waals surface area contributed by atoms with Crippen molar-refractivity contribution in [1.82, 2.24) is 15.3 Å². The summed E-state index contributed by atoms with van der Waals surface area (Å²) in [4.78, 5) is 30.2. The maximum atomic E-state index is 11.9. The first kappa shape index (κ1) is 14.8. The van der Waals surface area contributed by atoms with Gasteiger partial charge in [-0.25, -0.2) is 4.98 Å². The standard InChI is InChI=1S/C13H17N5O3/c1-21-5-4-15-11(19)7-16-13-17-10-3-2-8(14)6-9(10)12(20)18-13/h2-3,6H,4-5,7,14H2,1H3,(H,15,19)(H2,16,17,18,20). The number of aromatic amines is 1. The number of amides is 1. The molecule has 21 heavy (non-hydrogen) atoms. The van der Waals surface area contributed by atoms with Gasteiger partial charge in [0, 0.05) is 19.3 Å². The van der Waals surface area contributed by atoms with Gasteiger partial charge in [-0.15, -0.1) is 0 Å². The summed E-state index contributed by atoms with van der Waals surface area (Å²) in [5.74, 6) is 0.0197. The van der Waals surface area contributed by atoms with Crippen molar-refractivity contribution in [3.63, 3.8) is 0 Å². The molecule has 0 bridgehead atoms. The minimum absolute atomic E-state index is 0.00708. The highest BCUT2D eigenvalue weighted by Gasteiger charge is 2.06. The third-order valence-electron chi connectivity index (χ3n) is 2.77. The predicted molar refractivity (Wildman–Crippen MR) is 80.2 cm³/mol. The van der Waals surface area contributed by atoms with Crippen molar-refractivity contribution in [3.8, 4) is 0 Å². The molecule has 0 atom stereocenters. The molecule has 0 aliphatic rings. The number of carbonyl (C=O) groups excluding carboxylic acids is 1. The van der Waals surface area contributed by atoms with Gasteiger partial charge < -0.3 is 21.1 Å². The van der Waals surface area contributed by atoms with Gasteiger partial charge >= 0.3 is 0 Å². The molecule has 0 unspecified atom stereocenters. The summed E-state index contributed by atoms with van der Waals surface area (Å²) in [6, 6.07) is 4.88. The maximum Gasteiger partial charge on any atom is 0.260 e. The normalized spacial score (nSPS) is 10.5. The van der Waals surface area contributed by atoms with E-state index in [9.17, 15) is 9.59 Å². The van der Waals surface area contributed by atoms with Crippen LogP contribution >= 0.6 is 0 Å². The number of benzene rings is 1. The molecule has 1 aromatic heterocycles. The van der Waals surface area contributed by atoms with Crippen LogP contribution in [0.25, 0.3) is 10.9 Å². The molecule has 0 saturated carbocycles. The Morgan fingerprint density at radius 3 is 3.05 bits per heavy atom. The Labute approximate surface area is 120 Å². The van der Waals surface area contributed by atoms with E-state index in [1.54, 1.807) is 25.3 Å². The molecule has 2 aromatic rings. The summed E-state index contributed by atoms with van der Waals surface area (Å²) < 4.78 is 4.82. The number of ether oxygens (including phenoxy) is 1. The number of nitrogens with zero attached hydrogens (tertiary/aromatic N) is 1. The SMILES string of the molecule is COCCNC(=O)CNc1nc2ccc(N)cc2c(=O)[nH]1. The van der Waals surface area contributed by atoms with E-state index in [1.807, 2.05) is 0 Å². The number of hydrogen-bond donors (Lipinski definition) is 4. The van der Waals surface area contributed by atoms with E-state index in [0.29, 0.717) is 29.7 Å². The van der Waals surface area contributed by atoms with Crippen molar-refractivity contribution in [2.45, 2.75) is 0 Å². The molecule has 0 spiro atoms. The molecular weight excluding hydrogens is 274 g/mol. The number of nitrogen functional groups attached to an aromatic ring is 1. The first-order chi connectivity index (χ1) is 10.1. The van der Waals surface area contributed by atoms with E-state index in [4.69, 9.17) is 10.5 Å². The number of nitrogens with one attached hydrogen (secondary N) is 3. The van der Waals surface area contributed by atoms with Crippen LogP contribution in [0, 0.1) is 0 Å². The summed E-state index contributed by atoms with van der Waals surface area (Å²) in [6.45, 7) is 0.878. The van der Waals surface area contributed by atoms with Gasteiger partial charge in [-0.05, 0) is 18.2 Å². The van der Waals surface area contributed by atoms with Gasteiger partial charge in [0.2, 0.25) is 11.9 Å². The third-order valence-corrected chi connectivity index (χ3v) is 2.77. The number of aromatic nitrogens is 2. The van der Waals surface area contributed by atoms with E-state index < -0.39 is 0 Å². The smallest absolute Gasteiger partial charge is 0.260 e. The molecule has 0 saturated heterocycles. The Balaban J connectivity index is 2.04. The van der Waals surface area contributed by atoms with Gasteiger partial charge in [0.1, 0.15) is 0 Å². The number of H-pyrrole nitrogens is 1. The van der Waals surface area contributed by atoms with Gasteiger partial charge in [0.05, 0.1) is 24.1 Å². The van der Waals surface area contributed by atoms with E-state index in [2.05, 4.69) is 20.6 Å². The van der Waals surface area contributed by atoms with Crippen LogP contribution < -0.4 is 21.9 Å². The van der Waals surface area contributed by atoms with Crippen LogP contribution in [0.4, 0.5) is 11.6 Å². The van der Waals surface area contributed by atoms with Crippen LogP contribution in [0.5, 0.6) is 0 Å². The highest BCUT2D eigenvalue weighted by atomic mass is 16.5. The number of rotatable bonds is 6. The largest absolute Gasteiger partial charge is 0.399 e. The van der Waals surface area contributed by atoms with Crippen molar-refractivity contribution in [2.24, 2.45) is 0 Å². The molecule has 0 aliphatic carbocycles. The lowest BCUT2D eigenvalue weighted by atomic mass is 10.2. The van der Waals surface area contributed by atoms with E-state index in [1.165, 1.54) is 0 Å². The van der Waals surface area contributed by atoms with Crippen molar-refractivity contribution >= 4 is 28.4 Å². The highest BCUT2D eigenvalue weighted by Crippen LogP contribution is 2.12. The van der Waals surface area contributed by atoms with Gasteiger partial charge in [0.15, 0.2) is 0 Å². The molecule has 0 fully saturated rings. The summed E-state index contributed by atoms with van der Waals surface area (Å²) in [6.07, 6.45) is 0. The Morgan fingerprint density at radius 1 is 1.48 bits per heavy atom. The lowest BCUT2D eigenvalue weighted by molar-refractivity contribution is -0.119. The molecule has 2 rings (SSSR count). The summed E-state index contributed by atoms with van der Waals surface area (Å²) in [7, 11) is 1.56. The molecule has 1 aromatic carbocycles. The van der Waals surface area contributed by atoms with E-state index in [-0.39, 0.29) is 24.0 Å². The first-order valence-electron chi connectivity index (χ1n) is 6.39. The average molecular weight is 291 g/mol. The zero-order valence-corrected chi connectivity index (χ0v) is 11.6. The van der Waals surface area contributed by atoms with Gasteiger partial charge in [-0.3, -0.25) is 14.6 Å². The van der Waals surface area contributed by atoms with Crippen LogP contribution in [-0.4, -0.2) is 42.7 Å². The van der Waals surface area contributed by atoms with Gasteiger partial charge in [-0.1, -0.05) is 0 Å². The van der Waals surface area contributed by atoms with Crippen LogP contribution in [0.15, 0.2) is 23.0 Å². The Hall–Kier alpha value is -2.61. The van der Waals surface area contributed by atoms with Gasteiger partial charge in [-0.2, -0.15) is 0 Å². The molecule has 112 valence electrons. The summed E-state index contributed by atoms with van der Waals surface area (Å²) >= 11 is 0. The van der Waals surface area contributed by atoms with Gasteiger partial charge in [0.25, 0.3) is 5.56 Å². The fraction of sp³-hybridized carbons (Fsp3) is 0.308. The van der Waals surface area contributed by atoms with E-state index >= 15 is 0 Å². The molecule has 8 heteroatoms. The van der Waals surface area contributed by atoms with Crippen LogP contribution in [0.3, 0.4) is 0 Å². The molecule has 5 N–H and O–H groups in total. The van der Waals surface area contributed by atoms with Crippen molar-refractivity contribution in [1.29, 1.82) is 0 Å². The fourth-order valence-electron chi connectivity index (χ4n) is 1.76. The minimum atomic E-state index is -0.311. The minimum Gasteiger partial charge on any atom is -0.399 e. The molecule has 0 radical (unpaired) electrons. The number of fused-ring (bicyclic) bond motifs is 1. The predicted octanol–water partition coefficient (Wildman–Crippen LogP) is -0.320. The number of carbonyl (C=O) groups is 1. The van der Waals surface area contributed by atoms with Crippen molar-refractivity contribution in [2.75, 3.05) is 37.9 Å². The number of anilines is 2. The zero-order valence-electron chi connectivity index (χ0n) is 11.6. The second-order valence-corrected chi connectivity index (χ2v) is 4.39. The van der Waals surface area contributed by atoms with E-state index in [0.717, 1.165) is 0 Å². The number of hydrogen-bond acceptors (Lipinski definition) is 6. The van der Waals surface area contributed by atoms with Crippen LogP contribution in [-0.2, 0) is 9.53 Å². The molecule has 0 aliphatic heterocycles. The Morgan fingerprint density at radius 2 is 2.29 bits per heavy atom. The average Bonchev–Trinajstić information content (AvgIpc) is 2.46. The number of methoxy groups -OCH3 is 1.